The van der Waals surface area contributed by atoms with Crippen LogP contribution in [0.3, 0.4) is 0 Å². The molecule has 0 bridgehead atoms. The maximum Gasteiger partial charge on any atom is 0.343 e. The number of ether oxygens (including phenoxy) is 4. The molecule has 0 aliphatic carbocycles. The average Bonchev–Trinajstić information content (AvgIpc) is 3.19. The number of carbonyl (C=O) groups is 1. The van der Waals surface area contributed by atoms with E-state index in [9.17, 15) is 9.18 Å². The molecule has 0 amide bonds. The van der Waals surface area contributed by atoms with Crippen LogP contribution in [0.1, 0.15) is 16.7 Å². The second-order valence-electron chi connectivity index (χ2n) is 7.02. The molecule has 0 unspecified atom stereocenters. The summed E-state index contributed by atoms with van der Waals surface area (Å²) in [7, 11) is 3.11. The molecule has 0 fully saturated rings. The summed E-state index contributed by atoms with van der Waals surface area (Å²) in [6, 6.07) is 18.9. The first kappa shape index (κ1) is 21.2. The fourth-order valence-electron chi connectivity index (χ4n) is 3.23. The van der Waals surface area contributed by atoms with Gasteiger partial charge in [0.2, 0.25) is 0 Å². The molecule has 3 aromatic rings. The molecule has 32 heavy (non-hydrogen) atoms. The van der Waals surface area contributed by atoms with E-state index in [1.165, 1.54) is 13.2 Å². The van der Waals surface area contributed by atoms with Crippen molar-refractivity contribution in [2.75, 3.05) is 14.2 Å². The molecule has 0 radical (unpaired) electrons. The lowest BCUT2D eigenvalue weighted by Crippen LogP contribution is -2.00. The SMILES string of the molecule is COc1ccc(C2=C/C(=C\c3ccc(OCc4ccccc4F)c(OC)c3)C(=O)O2)cc1. The third-order valence-corrected chi connectivity index (χ3v) is 4.95. The monoisotopic (exact) mass is 432 g/mol. The number of carbonyl (C=O) groups excluding carboxylic acids is 1. The van der Waals surface area contributed by atoms with E-state index in [1.807, 2.05) is 12.1 Å². The van der Waals surface area contributed by atoms with Gasteiger partial charge in [0.1, 0.15) is 23.9 Å². The Morgan fingerprint density at radius 2 is 1.72 bits per heavy atom. The molecule has 4 rings (SSSR count). The molecule has 0 aromatic heterocycles. The summed E-state index contributed by atoms with van der Waals surface area (Å²) in [4.78, 5) is 12.3. The van der Waals surface area contributed by atoms with Crippen LogP contribution in [0.15, 0.2) is 78.4 Å². The van der Waals surface area contributed by atoms with Gasteiger partial charge in [-0.2, -0.15) is 0 Å². The highest BCUT2D eigenvalue weighted by Gasteiger charge is 2.22. The number of methoxy groups -OCH3 is 2. The summed E-state index contributed by atoms with van der Waals surface area (Å²) in [5.41, 5.74) is 2.37. The zero-order chi connectivity index (χ0) is 22.5. The van der Waals surface area contributed by atoms with Gasteiger partial charge in [-0.3, -0.25) is 0 Å². The van der Waals surface area contributed by atoms with Gasteiger partial charge in [-0.15, -0.1) is 0 Å². The van der Waals surface area contributed by atoms with Crippen molar-refractivity contribution in [3.8, 4) is 17.2 Å². The molecular formula is C26H21FO5. The molecule has 6 heteroatoms. The fourth-order valence-corrected chi connectivity index (χ4v) is 3.23. The molecule has 3 aromatic carbocycles. The summed E-state index contributed by atoms with van der Waals surface area (Å²) in [6.45, 7) is 0.0732. The van der Waals surface area contributed by atoms with Crippen LogP contribution in [-0.4, -0.2) is 20.2 Å². The van der Waals surface area contributed by atoms with Crippen molar-refractivity contribution in [3.63, 3.8) is 0 Å². The molecule has 5 nitrogen and oxygen atoms in total. The predicted molar refractivity (Wildman–Crippen MR) is 119 cm³/mol. The van der Waals surface area contributed by atoms with Gasteiger partial charge in [0.25, 0.3) is 0 Å². The summed E-state index contributed by atoms with van der Waals surface area (Å²) >= 11 is 0. The van der Waals surface area contributed by atoms with E-state index in [2.05, 4.69) is 0 Å². The van der Waals surface area contributed by atoms with Crippen molar-refractivity contribution in [2.24, 2.45) is 0 Å². The van der Waals surface area contributed by atoms with Gasteiger partial charge in [0.15, 0.2) is 11.5 Å². The minimum absolute atomic E-state index is 0.0732. The maximum absolute atomic E-state index is 13.8. The molecule has 0 saturated heterocycles. The highest BCUT2D eigenvalue weighted by molar-refractivity contribution is 6.05. The minimum atomic E-state index is -0.435. The molecule has 1 heterocycles. The second-order valence-corrected chi connectivity index (χ2v) is 7.02. The number of hydrogen-bond acceptors (Lipinski definition) is 5. The lowest BCUT2D eigenvalue weighted by Gasteiger charge is -2.12. The first-order chi connectivity index (χ1) is 15.6. The highest BCUT2D eigenvalue weighted by atomic mass is 19.1. The van der Waals surface area contributed by atoms with Gasteiger partial charge in [-0.1, -0.05) is 24.3 Å². The first-order valence-electron chi connectivity index (χ1n) is 9.91. The van der Waals surface area contributed by atoms with E-state index in [4.69, 9.17) is 18.9 Å². The summed E-state index contributed by atoms with van der Waals surface area (Å²) < 4.78 is 35.5. The standard InChI is InChI=1S/C26H21FO5/c1-29-21-10-8-18(9-11-21)24-15-20(26(28)32-24)13-17-7-12-23(25(14-17)30-2)31-16-19-5-3-4-6-22(19)27/h3-15H,16H2,1-2H3/b20-13+. The van der Waals surface area contributed by atoms with E-state index in [-0.39, 0.29) is 12.4 Å². The number of benzene rings is 3. The van der Waals surface area contributed by atoms with Crippen molar-refractivity contribution in [1.82, 2.24) is 0 Å². The Morgan fingerprint density at radius 1 is 0.938 bits per heavy atom. The van der Waals surface area contributed by atoms with E-state index in [0.29, 0.717) is 28.4 Å². The van der Waals surface area contributed by atoms with Gasteiger partial charge in [0, 0.05) is 11.1 Å². The lowest BCUT2D eigenvalue weighted by atomic mass is 10.1. The van der Waals surface area contributed by atoms with Crippen LogP contribution < -0.4 is 14.2 Å². The zero-order valence-electron chi connectivity index (χ0n) is 17.6. The summed E-state index contributed by atoms with van der Waals surface area (Å²) in [5.74, 6) is 1.38. The van der Waals surface area contributed by atoms with Crippen LogP contribution in [-0.2, 0) is 16.1 Å². The van der Waals surface area contributed by atoms with Crippen molar-refractivity contribution < 1.29 is 28.1 Å². The molecule has 0 atom stereocenters. The number of hydrogen-bond donors (Lipinski definition) is 0. The zero-order valence-corrected chi connectivity index (χ0v) is 17.6. The number of rotatable bonds is 7. The predicted octanol–water partition coefficient (Wildman–Crippen LogP) is 5.40. The summed E-state index contributed by atoms with van der Waals surface area (Å²) in [6.07, 6.45) is 3.40. The Bertz CT molecular complexity index is 1200. The Balaban J connectivity index is 1.53. The van der Waals surface area contributed by atoms with Crippen LogP contribution in [0, 0.1) is 5.82 Å². The topological polar surface area (TPSA) is 54.0 Å². The first-order valence-corrected chi connectivity index (χ1v) is 9.91. The summed E-state index contributed by atoms with van der Waals surface area (Å²) in [5, 5.41) is 0. The molecular weight excluding hydrogens is 411 g/mol. The Hall–Kier alpha value is -4.06. The molecule has 1 aliphatic heterocycles. The normalized spacial score (nSPS) is 14.2. The number of cyclic esters (lactones) is 1. The van der Waals surface area contributed by atoms with Gasteiger partial charge in [0.05, 0.1) is 19.8 Å². The molecule has 0 N–H and O–H groups in total. The molecule has 0 saturated carbocycles. The maximum atomic E-state index is 13.8. The minimum Gasteiger partial charge on any atom is -0.497 e. The Kier molecular flexibility index (Phi) is 6.22. The van der Waals surface area contributed by atoms with E-state index < -0.39 is 5.97 Å². The third kappa shape index (κ3) is 4.64. The van der Waals surface area contributed by atoms with Gasteiger partial charge >= 0.3 is 5.97 Å². The van der Waals surface area contributed by atoms with Crippen LogP contribution in [0.25, 0.3) is 11.8 Å². The average molecular weight is 432 g/mol. The van der Waals surface area contributed by atoms with Crippen molar-refractivity contribution in [2.45, 2.75) is 6.61 Å². The lowest BCUT2D eigenvalue weighted by molar-refractivity contribution is -0.130. The number of esters is 1. The largest absolute Gasteiger partial charge is 0.497 e. The molecule has 162 valence electrons. The van der Waals surface area contributed by atoms with Crippen molar-refractivity contribution in [1.29, 1.82) is 0 Å². The van der Waals surface area contributed by atoms with Crippen LogP contribution >= 0.6 is 0 Å². The molecule has 1 aliphatic rings. The van der Waals surface area contributed by atoms with Gasteiger partial charge < -0.3 is 18.9 Å². The van der Waals surface area contributed by atoms with Crippen molar-refractivity contribution >= 4 is 17.8 Å². The van der Waals surface area contributed by atoms with E-state index >= 15 is 0 Å². The van der Waals surface area contributed by atoms with E-state index in [1.54, 1.807) is 67.8 Å². The second kappa shape index (κ2) is 9.39. The fraction of sp³-hybridized carbons (Fsp3) is 0.115. The van der Waals surface area contributed by atoms with Crippen LogP contribution in [0.2, 0.25) is 0 Å². The van der Waals surface area contributed by atoms with Gasteiger partial charge in [-0.05, 0) is 60.2 Å². The van der Waals surface area contributed by atoms with E-state index in [0.717, 1.165) is 16.9 Å². The number of halogens is 1. The quantitative estimate of drug-likeness (QED) is 0.369. The Morgan fingerprint density at radius 3 is 2.44 bits per heavy atom. The highest BCUT2D eigenvalue weighted by Crippen LogP contribution is 2.32. The third-order valence-electron chi connectivity index (χ3n) is 4.95. The van der Waals surface area contributed by atoms with Gasteiger partial charge in [-0.25, -0.2) is 9.18 Å². The van der Waals surface area contributed by atoms with Crippen LogP contribution in [0.5, 0.6) is 17.2 Å². The molecule has 0 spiro atoms. The Labute approximate surface area is 185 Å². The van der Waals surface area contributed by atoms with Crippen molar-refractivity contribution in [3.05, 3.63) is 101 Å². The van der Waals surface area contributed by atoms with Crippen LogP contribution in [0.4, 0.5) is 4.39 Å². The smallest absolute Gasteiger partial charge is 0.343 e.